The Bertz CT molecular complexity index is 864. The monoisotopic (exact) mass is 349 g/mol. The number of aryl methyl sites for hydroxylation is 1. The summed E-state index contributed by atoms with van der Waals surface area (Å²) in [6, 6.07) is 0. The van der Waals surface area contributed by atoms with Crippen molar-refractivity contribution >= 4 is 28.8 Å². The summed E-state index contributed by atoms with van der Waals surface area (Å²) in [6.07, 6.45) is -3.45. The molecule has 7 N–H and O–H groups in total. The Labute approximate surface area is 142 Å². The van der Waals surface area contributed by atoms with E-state index < -0.39 is 37.1 Å². The van der Waals surface area contributed by atoms with Gasteiger partial charge in [-0.3, -0.25) is 9.36 Å². The van der Waals surface area contributed by atoms with Crippen LogP contribution < -0.4 is 11.5 Å². The Balaban J connectivity index is 2.35. The highest BCUT2D eigenvalue weighted by molar-refractivity contribution is 6.11. The summed E-state index contributed by atoms with van der Waals surface area (Å²) >= 11 is 0. The molecule has 0 spiro atoms. The maximum atomic E-state index is 12.0. The highest BCUT2D eigenvalue weighted by Gasteiger charge is 2.45. The average molecular weight is 349 g/mol. The molecule has 0 unspecified atom stereocenters. The number of rotatable bonds is 4. The number of aliphatic hydroxyl groups excluding tert-OH is 3. The van der Waals surface area contributed by atoms with Gasteiger partial charge >= 0.3 is 0 Å². The van der Waals surface area contributed by atoms with E-state index in [1.807, 2.05) is 0 Å². The minimum absolute atomic E-state index is 0.0419. The molecule has 1 aliphatic rings. The lowest BCUT2D eigenvalue weighted by molar-refractivity contribution is -0.0511. The first kappa shape index (κ1) is 17.3. The van der Waals surface area contributed by atoms with Gasteiger partial charge in [-0.25, -0.2) is 9.97 Å². The number of nitrogen functional groups attached to an aromatic ring is 1. The van der Waals surface area contributed by atoms with E-state index in [1.165, 1.54) is 10.6 Å². The fourth-order valence-electron chi connectivity index (χ4n) is 3.16. The zero-order chi connectivity index (χ0) is 18.5. The van der Waals surface area contributed by atoms with E-state index in [0.29, 0.717) is 5.82 Å². The summed E-state index contributed by atoms with van der Waals surface area (Å²) in [7, 11) is 0. The molecule has 2 aromatic rings. The average Bonchev–Trinajstić information content (AvgIpc) is 3.02. The lowest BCUT2D eigenvalue weighted by atomic mass is 10.1. The van der Waals surface area contributed by atoms with Crippen LogP contribution in [0.4, 0.5) is 5.82 Å². The lowest BCUT2D eigenvalue weighted by Crippen LogP contribution is -2.33. The molecule has 10 nitrogen and oxygen atoms in total. The smallest absolute Gasteiger partial charge is 0.251 e. The molecule has 10 heteroatoms. The van der Waals surface area contributed by atoms with Gasteiger partial charge in [0.2, 0.25) is 0 Å². The Morgan fingerprint density at radius 1 is 1.40 bits per heavy atom. The minimum Gasteiger partial charge on any atom is -0.394 e. The third-order valence-corrected chi connectivity index (χ3v) is 4.23. The summed E-state index contributed by atoms with van der Waals surface area (Å²) in [5, 5.41) is 29.9. The second-order valence-electron chi connectivity index (χ2n) is 5.78. The zero-order valence-electron chi connectivity index (χ0n) is 13.5. The summed E-state index contributed by atoms with van der Waals surface area (Å²) in [5.41, 5.74) is 11.9. The zero-order valence-corrected chi connectivity index (χ0v) is 13.5. The van der Waals surface area contributed by atoms with E-state index in [-0.39, 0.29) is 28.1 Å². The van der Waals surface area contributed by atoms with Gasteiger partial charge in [0, 0.05) is 0 Å². The van der Waals surface area contributed by atoms with Crippen molar-refractivity contribution < 1.29 is 24.9 Å². The van der Waals surface area contributed by atoms with Crippen LogP contribution >= 0.6 is 0 Å². The van der Waals surface area contributed by atoms with Crippen LogP contribution in [0.5, 0.6) is 0 Å². The van der Waals surface area contributed by atoms with Gasteiger partial charge in [0.15, 0.2) is 6.23 Å². The number of anilines is 1. The van der Waals surface area contributed by atoms with Crippen LogP contribution in [0, 0.1) is 6.92 Å². The van der Waals surface area contributed by atoms with E-state index in [4.69, 9.17) is 16.2 Å². The Morgan fingerprint density at radius 3 is 2.60 bits per heavy atom. The second kappa shape index (κ2) is 6.08. The van der Waals surface area contributed by atoms with Gasteiger partial charge < -0.3 is 31.5 Å². The summed E-state index contributed by atoms with van der Waals surface area (Å²) in [4.78, 5) is 20.3. The van der Waals surface area contributed by atoms with E-state index in [0.717, 1.165) is 0 Å². The van der Waals surface area contributed by atoms with E-state index in [1.54, 1.807) is 6.92 Å². The van der Waals surface area contributed by atoms with Crippen molar-refractivity contribution in [2.75, 3.05) is 12.3 Å². The molecule has 1 saturated heterocycles. The number of carbonyl (C=O) groups excluding carboxylic acids is 1. The summed E-state index contributed by atoms with van der Waals surface area (Å²) in [5.74, 6) is -0.392. The number of amides is 1. The first-order valence-corrected chi connectivity index (χ1v) is 7.54. The van der Waals surface area contributed by atoms with Crippen LogP contribution in [0.1, 0.15) is 28.1 Å². The van der Waals surface area contributed by atoms with E-state index >= 15 is 0 Å². The largest absolute Gasteiger partial charge is 0.394 e. The molecule has 0 aromatic carbocycles. The van der Waals surface area contributed by atoms with Crippen molar-refractivity contribution in [3.8, 4) is 0 Å². The van der Waals surface area contributed by atoms with Crippen LogP contribution in [-0.4, -0.2) is 60.7 Å². The Kier molecular flexibility index (Phi) is 4.21. The molecule has 3 heterocycles. The molecule has 1 fully saturated rings. The minimum atomic E-state index is -1.37. The molecule has 4 atom stereocenters. The number of aromatic nitrogens is 3. The third-order valence-electron chi connectivity index (χ3n) is 4.23. The van der Waals surface area contributed by atoms with Crippen molar-refractivity contribution in [1.82, 2.24) is 14.5 Å². The molecule has 0 bridgehead atoms. The van der Waals surface area contributed by atoms with E-state index in [9.17, 15) is 20.1 Å². The van der Waals surface area contributed by atoms with Gasteiger partial charge in [0.25, 0.3) is 5.91 Å². The molecule has 134 valence electrons. The number of carbonyl (C=O) groups is 1. The van der Waals surface area contributed by atoms with Gasteiger partial charge in [0.05, 0.1) is 23.3 Å². The molecule has 1 amide bonds. The van der Waals surface area contributed by atoms with Gasteiger partial charge in [-0.2, -0.15) is 0 Å². The van der Waals surface area contributed by atoms with Crippen molar-refractivity contribution in [2.45, 2.75) is 31.5 Å². The molecule has 25 heavy (non-hydrogen) atoms. The Morgan fingerprint density at radius 2 is 2.08 bits per heavy atom. The lowest BCUT2D eigenvalue weighted by Gasteiger charge is -2.19. The molecular weight excluding hydrogens is 330 g/mol. The second-order valence-corrected chi connectivity index (χ2v) is 5.78. The van der Waals surface area contributed by atoms with Crippen LogP contribution in [-0.2, 0) is 4.74 Å². The summed E-state index contributed by atoms with van der Waals surface area (Å²) < 4.78 is 6.94. The van der Waals surface area contributed by atoms with Gasteiger partial charge in [-0.15, -0.1) is 0 Å². The number of nitrogens with two attached hydrogens (primary N) is 2. The maximum absolute atomic E-state index is 12.0. The fourth-order valence-corrected chi connectivity index (χ4v) is 3.16. The molecular formula is C15H19N5O5. The van der Waals surface area contributed by atoms with Gasteiger partial charge in [-0.1, -0.05) is 6.58 Å². The maximum Gasteiger partial charge on any atom is 0.251 e. The standard InChI is InChI=1S/C15H19N5O5/c1-3-6-8(13(17)24)9-12(16)18-5(2)19-14(9)20(6)15-11(23)10(22)7(4-21)25-15/h3,7,10-11,15,21-23H,1,4H2,2H3,(H2,17,24)(H2,16,18,19)/t7-,10-,11-,15-/m1/s1. The van der Waals surface area contributed by atoms with Crippen molar-refractivity contribution in [3.63, 3.8) is 0 Å². The SMILES string of the molecule is C=Cc1c(C(N)=O)c2c(N)nc(C)nc2n1[C@@H]1O[C@H](CO)[C@@H](O)[C@H]1O. The van der Waals surface area contributed by atoms with Crippen LogP contribution in [0.2, 0.25) is 0 Å². The molecule has 0 radical (unpaired) electrons. The number of aliphatic hydroxyl groups is 3. The van der Waals surface area contributed by atoms with E-state index in [2.05, 4.69) is 16.5 Å². The third kappa shape index (κ3) is 2.46. The number of primary amides is 1. The van der Waals surface area contributed by atoms with Crippen LogP contribution in [0.3, 0.4) is 0 Å². The van der Waals surface area contributed by atoms with Crippen molar-refractivity contribution in [3.05, 3.63) is 23.7 Å². The van der Waals surface area contributed by atoms with Crippen LogP contribution in [0.15, 0.2) is 6.58 Å². The number of hydrogen-bond donors (Lipinski definition) is 5. The number of hydrogen-bond acceptors (Lipinski definition) is 8. The number of ether oxygens (including phenoxy) is 1. The molecule has 3 rings (SSSR count). The van der Waals surface area contributed by atoms with Gasteiger partial charge in [-0.05, 0) is 13.0 Å². The first-order chi connectivity index (χ1) is 11.8. The molecule has 0 saturated carbocycles. The highest BCUT2D eigenvalue weighted by atomic mass is 16.6. The fraction of sp³-hybridized carbons (Fsp3) is 0.400. The number of nitrogens with zero attached hydrogens (tertiary/aromatic N) is 3. The predicted octanol–water partition coefficient (Wildman–Crippen LogP) is -1.32. The molecule has 2 aromatic heterocycles. The van der Waals surface area contributed by atoms with Crippen molar-refractivity contribution in [1.29, 1.82) is 0 Å². The highest BCUT2D eigenvalue weighted by Crippen LogP contribution is 2.37. The number of fused-ring (bicyclic) bond motifs is 1. The predicted molar refractivity (Wildman–Crippen MR) is 88.3 cm³/mol. The quantitative estimate of drug-likeness (QED) is 0.452. The van der Waals surface area contributed by atoms with Gasteiger partial charge in [0.1, 0.15) is 35.6 Å². The molecule has 0 aliphatic carbocycles. The Hall–Kier alpha value is -2.53. The van der Waals surface area contributed by atoms with Crippen LogP contribution in [0.25, 0.3) is 17.1 Å². The molecule has 1 aliphatic heterocycles. The summed E-state index contributed by atoms with van der Waals surface area (Å²) in [6.45, 7) is 4.79. The normalized spacial score (nSPS) is 26.2. The topological polar surface area (TPSA) is 170 Å². The van der Waals surface area contributed by atoms with Crippen molar-refractivity contribution in [2.24, 2.45) is 5.73 Å². The first-order valence-electron chi connectivity index (χ1n) is 7.54.